The highest BCUT2D eigenvalue weighted by molar-refractivity contribution is 7.98. The molecule has 1 aromatic heterocycles. The van der Waals surface area contributed by atoms with Crippen molar-refractivity contribution in [2.24, 2.45) is 13.0 Å². The number of benzene rings is 2. The molecule has 6 nitrogen and oxygen atoms in total. The third kappa shape index (κ3) is 4.88. The number of thioether (sulfide) groups is 1. The number of amides is 1. The first kappa shape index (κ1) is 22.1. The number of nitrogens with one attached hydrogen (secondary N) is 1. The number of hydrogen-bond acceptors (Lipinski definition) is 5. The van der Waals surface area contributed by atoms with Gasteiger partial charge in [-0.15, -0.1) is 0 Å². The van der Waals surface area contributed by atoms with Crippen LogP contribution in [0.1, 0.15) is 42.9 Å². The van der Waals surface area contributed by atoms with Crippen LogP contribution < -0.4 is 15.6 Å². The molecule has 4 rings (SSSR count). The largest absolute Gasteiger partial charge is 0.493 e. The zero-order valence-electron chi connectivity index (χ0n) is 18.5. The molecule has 1 amide bonds. The minimum absolute atomic E-state index is 0.108. The van der Waals surface area contributed by atoms with E-state index in [0.29, 0.717) is 34.8 Å². The van der Waals surface area contributed by atoms with Gasteiger partial charge < -0.3 is 14.6 Å². The Morgan fingerprint density at radius 2 is 1.84 bits per heavy atom. The molecule has 1 aliphatic heterocycles. The van der Waals surface area contributed by atoms with Gasteiger partial charge in [0.15, 0.2) is 5.16 Å². The second kappa shape index (κ2) is 9.61. The summed E-state index contributed by atoms with van der Waals surface area (Å²) in [4.78, 5) is 30.0. The molecular weight excluding hydrogens is 422 g/mol. The lowest BCUT2D eigenvalue weighted by atomic mass is 9.87. The summed E-state index contributed by atoms with van der Waals surface area (Å²) in [5.41, 5.74) is 2.29. The number of fused-ring (bicyclic) bond motifs is 1. The van der Waals surface area contributed by atoms with Gasteiger partial charge in [0.1, 0.15) is 11.6 Å². The maximum absolute atomic E-state index is 13.1. The molecule has 2 aromatic carbocycles. The molecule has 32 heavy (non-hydrogen) atoms. The molecule has 166 valence electrons. The molecule has 2 heterocycles. The molecule has 7 heteroatoms. The minimum atomic E-state index is -0.336. The molecular formula is C25H27N3O3S. The number of rotatable bonds is 7. The van der Waals surface area contributed by atoms with Gasteiger partial charge in [-0.05, 0) is 29.2 Å². The SMILES string of the molecule is CC(C)COc1ccc([C@@H]2CC(=O)Nc3c2c(=O)nc(SCc2ccccc2)n3C)cc1. The molecule has 1 atom stereocenters. The van der Waals surface area contributed by atoms with Gasteiger partial charge in [0, 0.05) is 25.1 Å². The van der Waals surface area contributed by atoms with Crippen molar-refractivity contribution >= 4 is 23.5 Å². The Hall–Kier alpha value is -3.06. The Kier molecular flexibility index (Phi) is 6.65. The van der Waals surface area contributed by atoms with Crippen molar-refractivity contribution in [3.05, 3.63) is 81.6 Å². The normalized spacial score (nSPS) is 15.4. The van der Waals surface area contributed by atoms with Crippen molar-refractivity contribution in [2.45, 2.75) is 37.1 Å². The first-order valence-electron chi connectivity index (χ1n) is 10.7. The maximum atomic E-state index is 13.1. The van der Waals surface area contributed by atoms with Gasteiger partial charge in [0.2, 0.25) is 5.91 Å². The summed E-state index contributed by atoms with van der Waals surface area (Å²) in [6.07, 6.45) is 0.215. The van der Waals surface area contributed by atoms with E-state index in [1.807, 2.05) is 66.2 Å². The molecule has 0 radical (unpaired) electrons. The molecule has 1 N–H and O–H groups in total. The van der Waals surface area contributed by atoms with Gasteiger partial charge >= 0.3 is 0 Å². The van der Waals surface area contributed by atoms with Crippen molar-refractivity contribution in [1.29, 1.82) is 0 Å². The van der Waals surface area contributed by atoms with Gasteiger partial charge in [-0.3, -0.25) is 9.59 Å². The number of nitrogens with zero attached hydrogens (tertiary/aromatic N) is 2. The highest BCUT2D eigenvalue weighted by Crippen LogP contribution is 2.36. The van der Waals surface area contributed by atoms with Crippen LogP contribution >= 0.6 is 11.8 Å². The Morgan fingerprint density at radius 3 is 2.53 bits per heavy atom. The zero-order valence-corrected chi connectivity index (χ0v) is 19.3. The van der Waals surface area contributed by atoms with Crippen LogP contribution in [0.4, 0.5) is 5.82 Å². The highest BCUT2D eigenvalue weighted by Gasteiger charge is 2.32. The average Bonchev–Trinajstić information content (AvgIpc) is 2.79. The van der Waals surface area contributed by atoms with E-state index in [9.17, 15) is 9.59 Å². The van der Waals surface area contributed by atoms with Crippen LogP contribution in [0.3, 0.4) is 0 Å². The van der Waals surface area contributed by atoms with E-state index in [4.69, 9.17) is 4.74 Å². The molecule has 0 aliphatic carbocycles. The number of ether oxygens (including phenoxy) is 1. The van der Waals surface area contributed by atoms with Crippen LogP contribution in [0.2, 0.25) is 0 Å². The summed E-state index contributed by atoms with van der Waals surface area (Å²) in [5, 5.41) is 3.48. The monoisotopic (exact) mass is 449 g/mol. The summed E-state index contributed by atoms with van der Waals surface area (Å²) in [6, 6.07) is 17.7. The smallest absolute Gasteiger partial charge is 0.279 e. The molecule has 0 spiro atoms. The summed E-state index contributed by atoms with van der Waals surface area (Å²) >= 11 is 1.48. The van der Waals surface area contributed by atoms with E-state index in [2.05, 4.69) is 24.1 Å². The van der Waals surface area contributed by atoms with Crippen molar-refractivity contribution in [1.82, 2.24) is 9.55 Å². The van der Waals surface area contributed by atoms with Crippen LogP contribution in [-0.4, -0.2) is 22.1 Å². The van der Waals surface area contributed by atoms with Crippen molar-refractivity contribution in [3.63, 3.8) is 0 Å². The van der Waals surface area contributed by atoms with E-state index in [0.717, 1.165) is 16.9 Å². The fraction of sp³-hybridized carbons (Fsp3) is 0.320. The number of aromatic nitrogens is 2. The average molecular weight is 450 g/mol. The Bertz CT molecular complexity index is 1160. The van der Waals surface area contributed by atoms with Crippen LogP contribution in [0.15, 0.2) is 64.5 Å². The van der Waals surface area contributed by atoms with Crippen LogP contribution in [0.25, 0.3) is 0 Å². The third-order valence-corrected chi connectivity index (χ3v) is 6.48. The van der Waals surface area contributed by atoms with E-state index in [-0.39, 0.29) is 23.8 Å². The summed E-state index contributed by atoms with van der Waals surface area (Å²) in [6.45, 7) is 4.84. The fourth-order valence-electron chi connectivity index (χ4n) is 3.73. The number of carbonyl (C=O) groups is 1. The first-order valence-corrected chi connectivity index (χ1v) is 11.7. The lowest BCUT2D eigenvalue weighted by Crippen LogP contribution is -2.33. The lowest BCUT2D eigenvalue weighted by Gasteiger charge is -2.27. The Labute approximate surface area is 192 Å². The second-order valence-electron chi connectivity index (χ2n) is 8.37. The van der Waals surface area contributed by atoms with Crippen LogP contribution in [-0.2, 0) is 17.6 Å². The molecule has 0 unspecified atom stereocenters. The molecule has 0 bridgehead atoms. The Morgan fingerprint density at radius 1 is 1.12 bits per heavy atom. The van der Waals surface area contributed by atoms with Crippen molar-refractivity contribution in [2.75, 3.05) is 11.9 Å². The number of anilines is 1. The summed E-state index contributed by atoms with van der Waals surface area (Å²) in [5.74, 6) is 1.99. The predicted octanol–water partition coefficient (Wildman–Crippen LogP) is 4.58. The first-order chi connectivity index (χ1) is 15.4. The van der Waals surface area contributed by atoms with Gasteiger partial charge in [-0.2, -0.15) is 4.98 Å². The van der Waals surface area contributed by atoms with Crippen LogP contribution in [0, 0.1) is 5.92 Å². The number of hydrogen-bond donors (Lipinski definition) is 1. The molecule has 0 saturated carbocycles. The summed E-state index contributed by atoms with van der Waals surface area (Å²) < 4.78 is 7.58. The standard InChI is InChI=1S/C25H27N3O3S/c1-16(2)14-31-19-11-9-18(10-12-19)20-13-21(29)26-23-22(20)24(30)27-25(28(23)3)32-15-17-7-5-4-6-8-17/h4-12,16,20H,13-15H2,1-3H3,(H,26,29)/t20-/m0/s1. The van der Waals surface area contributed by atoms with E-state index in [1.54, 1.807) is 0 Å². The van der Waals surface area contributed by atoms with E-state index in [1.165, 1.54) is 11.8 Å². The Balaban J connectivity index is 1.63. The third-order valence-electron chi connectivity index (χ3n) is 5.38. The van der Waals surface area contributed by atoms with Gasteiger partial charge in [0.05, 0.1) is 12.2 Å². The second-order valence-corrected chi connectivity index (χ2v) is 9.32. The highest BCUT2D eigenvalue weighted by atomic mass is 32.2. The quantitative estimate of drug-likeness (QED) is 0.422. The molecule has 3 aromatic rings. The predicted molar refractivity (Wildman–Crippen MR) is 127 cm³/mol. The molecule has 1 aliphatic rings. The van der Waals surface area contributed by atoms with Gasteiger partial charge in [-0.1, -0.05) is 68.1 Å². The minimum Gasteiger partial charge on any atom is -0.493 e. The topological polar surface area (TPSA) is 73.2 Å². The lowest BCUT2D eigenvalue weighted by molar-refractivity contribution is -0.116. The van der Waals surface area contributed by atoms with E-state index < -0.39 is 0 Å². The zero-order chi connectivity index (χ0) is 22.7. The fourth-order valence-corrected chi connectivity index (χ4v) is 4.65. The van der Waals surface area contributed by atoms with E-state index >= 15 is 0 Å². The summed E-state index contributed by atoms with van der Waals surface area (Å²) in [7, 11) is 1.84. The van der Waals surface area contributed by atoms with Gasteiger partial charge in [-0.25, -0.2) is 0 Å². The van der Waals surface area contributed by atoms with Crippen molar-refractivity contribution < 1.29 is 9.53 Å². The maximum Gasteiger partial charge on any atom is 0.279 e. The molecule has 0 fully saturated rings. The molecule has 0 saturated heterocycles. The van der Waals surface area contributed by atoms with Crippen LogP contribution in [0.5, 0.6) is 5.75 Å². The number of carbonyl (C=O) groups excluding carboxylic acids is 1. The van der Waals surface area contributed by atoms with Gasteiger partial charge in [0.25, 0.3) is 5.56 Å². The van der Waals surface area contributed by atoms with Crippen molar-refractivity contribution in [3.8, 4) is 5.75 Å².